The van der Waals surface area contributed by atoms with Crippen LogP contribution in [0.4, 0.5) is 0 Å². The van der Waals surface area contributed by atoms with Gasteiger partial charge >= 0.3 is 0 Å². The van der Waals surface area contributed by atoms with Crippen LogP contribution < -0.4 is 5.32 Å². The second kappa shape index (κ2) is 4.52. The highest BCUT2D eigenvalue weighted by atomic mass is 35.5. The van der Waals surface area contributed by atoms with Gasteiger partial charge in [-0.05, 0) is 36.2 Å². The normalized spacial score (nSPS) is 14.6. The maximum atomic E-state index is 6.04. The summed E-state index contributed by atoms with van der Waals surface area (Å²) in [5, 5.41) is 4.81. The summed E-state index contributed by atoms with van der Waals surface area (Å²) < 4.78 is 0. The van der Waals surface area contributed by atoms with E-state index in [4.69, 9.17) is 23.2 Å². The van der Waals surface area contributed by atoms with Crippen LogP contribution in [0.3, 0.4) is 0 Å². The summed E-state index contributed by atoms with van der Waals surface area (Å²) in [6, 6.07) is 3.79. The zero-order valence-corrected chi connectivity index (χ0v) is 9.27. The van der Waals surface area contributed by atoms with Crippen LogP contribution in [0.2, 0.25) is 10.0 Å². The first-order valence-corrected chi connectivity index (χ1v) is 4.70. The Morgan fingerprint density at radius 1 is 1.23 bits per heavy atom. The molecular weight excluding hydrogens is 228 g/mol. The van der Waals surface area contributed by atoms with Crippen molar-refractivity contribution in [3.63, 3.8) is 0 Å². The molecule has 0 atom stereocenters. The molecular formula is C9H10Cl3N. The molecule has 1 N–H and O–H groups in total. The molecule has 0 aromatic heterocycles. The molecule has 72 valence electrons. The van der Waals surface area contributed by atoms with E-state index in [1.54, 1.807) is 0 Å². The van der Waals surface area contributed by atoms with E-state index in [9.17, 15) is 0 Å². The molecule has 1 heterocycles. The molecule has 0 saturated carbocycles. The van der Waals surface area contributed by atoms with E-state index in [1.807, 2.05) is 12.1 Å². The fraction of sp³-hybridized carbons (Fsp3) is 0.333. The summed E-state index contributed by atoms with van der Waals surface area (Å²) >= 11 is 11.9. The van der Waals surface area contributed by atoms with Crippen molar-refractivity contribution < 1.29 is 0 Å². The molecule has 0 amide bonds. The van der Waals surface area contributed by atoms with Gasteiger partial charge in [0.15, 0.2) is 0 Å². The molecule has 2 rings (SSSR count). The van der Waals surface area contributed by atoms with Crippen molar-refractivity contribution in [3.8, 4) is 0 Å². The number of nitrogens with one attached hydrogen (secondary N) is 1. The van der Waals surface area contributed by atoms with Gasteiger partial charge in [-0.2, -0.15) is 0 Å². The number of hydrogen-bond acceptors (Lipinski definition) is 1. The Balaban J connectivity index is 0.000000845. The van der Waals surface area contributed by atoms with Crippen molar-refractivity contribution in [2.24, 2.45) is 0 Å². The van der Waals surface area contributed by atoms with E-state index in [2.05, 4.69) is 5.32 Å². The Morgan fingerprint density at radius 2 is 2.00 bits per heavy atom. The Morgan fingerprint density at radius 3 is 2.77 bits per heavy atom. The lowest BCUT2D eigenvalue weighted by molar-refractivity contribution is 0.644. The fourth-order valence-electron chi connectivity index (χ4n) is 1.53. The molecule has 0 radical (unpaired) electrons. The van der Waals surface area contributed by atoms with Gasteiger partial charge in [0.1, 0.15) is 0 Å². The van der Waals surface area contributed by atoms with Gasteiger partial charge in [-0.25, -0.2) is 0 Å². The predicted octanol–water partition coefficient (Wildman–Crippen LogP) is 3.06. The van der Waals surface area contributed by atoms with Gasteiger partial charge in [0, 0.05) is 16.6 Å². The molecule has 0 saturated heterocycles. The number of fused-ring (bicyclic) bond motifs is 1. The first-order chi connectivity index (χ1) is 5.77. The van der Waals surface area contributed by atoms with Crippen molar-refractivity contribution >= 4 is 35.6 Å². The van der Waals surface area contributed by atoms with Crippen LogP contribution in [-0.4, -0.2) is 6.54 Å². The van der Waals surface area contributed by atoms with E-state index >= 15 is 0 Å². The standard InChI is InChI=1S/C9H9Cl2N.ClH/c10-7-3-6-5-12-2-1-8(6)9(11)4-7;/h3-4,12H,1-2,5H2;1H. The smallest absolute Gasteiger partial charge is 0.0456 e. The maximum Gasteiger partial charge on any atom is 0.0456 e. The summed E-state index contributed by atoms with van der Waals surface area (Å²) in [4.78, 5) is 0. The minimum atomic E-state index is 0. The fourth-order valence-corrected chi connectivity index (χ4v) is 2.16. The van der Waals surface area contributed by atoms with Crippen molar-refractivity contribution in [1.82, 2.24) is 5.32 Å². The first-order valence-electron chi connectivity index (χ1n) is 3.95. The summed E-state index contributed by atoms with van der Waals surface area (Å²) in [6.45, 7) is 1.89. The Bertz CT molecular complexity index is 312. The van der Waals surface area contributed by atoms with Crippen molar-refractivity contribution in [1.29, 1.82) is 0 Å². The molecule has 0 fully saturated rings. The molecule has 0 unspecified atom stereocenters. The lowest BCUT2D eigenvalue weighted by Gasteiger charge is -2.18. The van der Waals surface area contributed by atoms with Gasteiger partial charge in [0.25, 0.3) is 0 Å². The third kappa shape index (κ3) is 2.29. The minimum absolute atomic E-state index is 0. The first kappa shape index (κ1) is 11.1. The van der Waals surface area contributed by atoms with Gasteiger partial charge < -0.3 is 5.32 Å². The van der Waals surface area contributed by atoms with Gasteiger partial charge in [-0.3, -0.25) is 0 Å². The lowest BCUT2D eigenvalue weighted by Crippen LogP contribution is -2.23. The summed E-state index contributed by atoms with van der Waals surface area (Å²) in [6.07, 6.45) is 1.01. The summed E-state index contributed by atoms with van der Waals surface area (Å²) in [5.41, 5.74) is 2.48. The van der Waals surface area contributed by atoms with E-state index in [0.29, 0.717) is 0 Å². The second-order valence-corrected chi connectivity index (χ2v) is 3.80. The van der Waals surface area contributed by atoms with E-state index in [0.717, 1.165) is 29.6 Å². The SMILES string of the molecule is Cl.Clc1cc(Cl)c2c(c1)CNCC2. The van der Waals surface area contributed by atoms with Crippen LogP contribution >= 0.6 is 35.6 Å². The van der Waals surface area contributed by atoms with Gasteiger partial charge in [-0.1, -0.05) is 23.2 Å². The number of halogens is 3. The summed E-state index contributed by atoms with van der Waals surface area (Å²) in [7, 11) is 0. The van der Waals surface area contributed by atoms with Crippen LogP contribution in [0.1, 0.15) is 11.1 Å². The van der Waals surface area contributed by atoms with Crippen LogP contribution in [0, 0.1) is 0 Å². The van der Waals surface area contributed by atoms with Crippen LogP contribution in [0.5, 0.6) is 0 Å². The third-order valence-electron chi connectivity index (χ3n) is 2.12. The quantitative estimate of drug-likeness (QED) is 0.732. The third-order valence-corrected chi connectivity index (χ3v) is 2.68. The Labute approximate surface area is 93.8 Å². The molecule has 13 heavy (non-hydrogen) atoms. The molecule has 0 aliphatic carbocycles. The van der Waals surface area contributed by atoms with Gasteiger partial charge in [0.05, 0.1) is 0 Å². The van der Waals surface area contributed by atoms with Crippen molar-refractivity contribution in [3.05, 3.63) is 33.3 Å². The minimum Gasteiger partial charge on any atom is -0.312 e. The molecule has 1 aromatic carbocycles. The molecule has 0 spiro atoms. The number of hydrogen-bond donors (Lipinski definition) is 1. The van der Waals surface area contributed by atoms with E-state index < -0.39 is 0 Å². The second-order valence-electron chi connectivity index (χ2n) is 2.95. The van der Waals surface area contributed by atoms with Crippen molar-refractivity contribution in [2.45, 2.75) is 13.0 Å². The molecule has 0 bridgehead atoms. The van der Waals surface area contributed by atoms with Crippen LogP contribution in [0.25, 0.3) is 0 Å². The average Bonchev–Trinajstić information content (AvgIpc) is 2.04. The Kier molecular flexibility index (Phi) is 3.87. The van der Waals surface area contributed by atoms with Crippen LogP contribution in [0.15, 0.2) is 12.1 Å². The highest BCUT2D eigenvalue weighted by Crippen LogP contribution is 2.27. The zero-order chi connectivity index (χ0) is 8.55. The van der Waals surface area contributed by atoms with Crippen molar-refractivity contribution in [2.75, 3.05) is 6.54 Å². The van der Waals surface area contributed by atoms with E-state index in [-0.39, 0.29) is 12.4 Å². The largest absolute Gasteiger partial charge is 0.312 e. The predicted molar refractivity (Wildman–Crippen MR) is 59.1 cm³/mol. The molecule has 4 heteroatoms. The lowest BCUT2D eigenvalue weighted by atomic mass is 10.0. The zero-order valence-electron chi connectivity index (χ0n) is 6.94. The van der Waals surface area contributed by atoms with Gasteiger partial charge in [0.2, 0.25) is 0 Å². The molecule has 1 nitrogen and oxygen atoms in total. The monoisotopic (exact) mass is 237 g/mol. The van der Waals surface area contributed by atoms with E-state index in [1.165, 1.54) is 11.1 Å². The number of benzene rings is 1. The average molecular weight is 239 g/mol. The molecule has 1 aliphatic rings. The highest BCUT2D eigenvalue weighted by Gasteiger charge is 2.12. The summed E-state index contributed by atoms with van der Waals surface area (Å²) in [5.74, 6) is 0. The van der Waals surface area contributed by atoms with Gasteiger partial charge in [-0.15, -0.1) is 12.4 Å². The topological polar surface area (TPSA) is 12.0 Å². The molecule has 1 aliphatic heterocycles. The van der Waals surface area contributed by atoms with Crippen LogP contribution in [-0.2, 0) is 13.0 Å². The number of rotatable bonds is 0. The maximum absolute atomic E-state index is 6.04. The Hall–Kier alpha value is 0.0500. The highest BCUT2D eigenvalue weighted by molar-refractivity contribution is 6.35. The molecule has 1 aromatic rings.